The number of carbonyl (C=O) groups excluding carboxylic acids is 1. The van der Waals surface area contributed by atoms with Gasteiger partial charge in [0.05, 0.1) is 12.2 Å². The van der Waals surface area contributed by atoms with Gasteiger partial charge in [0.25, 0.3) is 0 Å². The summed E-state index contributed by atoms with van der Waals surface area (Å²) in [4.78, 5) is 10.1. The van der Waals surface area contributed by atoms with Gasteiger partial charge in [-0.05, 0) is 13.3 Å². The maximum Gasteiger partial charge on any atom is 0.122 e. The van der Waals surface area contributed by atoms with E-state index >= 15 is 0 Å². The van der Waals surface area contributed by atoms with E-state index in [4.69, 9.17) is 9.47 Å². The van der Waals surface area contributed by atoms with Gasteiger partial charge in [-0.25, -0.2) is 0 Å². The Balaban J connectivity index is 3.57. The van der Waals surface area contributed by atoms with Crippen molar-refractivity contribution in [1.29, 1.82) is 0 Å². The van der Waals surface area contributed by atoms with Crippen LogP contribution in [0.15, 0.2) is 0 Å². The zero-order valence-electron chi connectivity index (χ0n) is 7.37. The van der Waals surface area contributed by atoms with Crippen LogP contribution in [0.2, 0.25) is 0 Å². The van der Waals surface area contributed by atoms with Crippen molar-refractivity contribution in [3.05, 3.63) is 0 Å². The molecular weight excluding hydrogens is 144 g/mol. The molecule has 0 fully saturated rings. The highest BCUT2D eigenvalue weighted by atomic mass is 16.5. The van der Waals surface area contributed by atoms with Crippen molar-refractivity contribution in [1.82, 2.24) is 0 Å². The fourth-order valence-corrected chi connectivity index (χ4v) is 0.862. The van der Waals surface area contributed by atoms with E-state index in [2.05, 4.69) is 0 Å². The summed E-state index contributed by atoms with van der Waals surface area (Å²) in [7, 11) is 3.26. The molecule has 0 heterocycles. The Bertz CT molecular complexity index is 104. The highest BCUT2D eigenvalue weighted by Crippen LogP contribution is 2.06. The molecule has 0 radical (unpaired) electrons. The summed E-state index contributed by atoms with van der Waals surface area (Å²) < 4.78 is 10.1. The van der Waals surface area contributed by atoms with Gasteiger partial charge >= 0.3 is 0 Å². The fraction of sp³-hybridized carbons (Fsp3) is 0.875. The Morgan fingerprint density at radius 3 is 2.36 bits per heavy atom. The van der Waals surface area contributed by atoms with Gasteiger partial charge in [-0.2, -0.15) is 0 Å². The number of hydrogen-bond acceptors (Lipinski definition) is 3. The Morgan fingerprint density at radius 2 is 2.00 bits per heavy atom. The molecule has 0 spiro atoms. The van der Waals surface area contributed by atoms with E-state index in [1.54, 1.807) is 14.2 Å². The highest BCUT2D eigenvalue weighted by Gasteiger charge is 2.10. The van der Waals surface area contributed by atoms with Crippen LogP contribution in [-0.2, 0) is 14.3 Å². The van der Waals surface area contributed by atoms with E-state index in [1.165, 1.54) is 0 Å². The standard InChI is InChI=1S/C8H16O3/c1-7(10-2)6-8(11-3)4-5-9/h5,7-8H,4,6H2,1-3H3/t7-,8+/m0/s1. The lowest BCUT2D eigenvalue weighted by Crippen LogP contribution is -2.19. The number of methoxy groups -OCH3 is 2. The Morgan fingerprint density at radius 1 is 1.36 bits per heavy atom. The van der Waals surface area contributed by atoms with Crippen LogP contribution in [-0.4, -0.2) is 32.7 Å². The Labute approximate surface area is 67.7 Å². The molecule has 0 bridgehead atoms. The smallest absolute Gasteiger partial charge is 0.122 e. The second-order valence-electron chi connectivity index (χ2n) is 2.54. The van der Waals surface area contributed by atoms with Gasteiger partial charge in [0.1, 0.15) is 6.29 Å². The van der Waals surface area contributed by atoms with Gasteiger partial charge in [-0.1, -0.05) is 0 Å². The molecule has 0 unspecified atom stereocenters. The summed E-state index contributed by atoms with van der Waals surface area (Å²) in [5.41, 5.74) is 0. The van der Waals surface area contributed by atoms with Gasteiger partial charge in [0, 0.05) is 20.6 Å². The second kappa shape index (κ2) is 6.31. The molecule has 0 aliphatic rings. The first-order valence-corrected chi connectivity index (χ1v) is 3.73. The molecule has 66 valence electrons. The molecule has 0 aromatic carbocycles. The van der Waals surface area contributed by atoms with E-state index in [-0.39, 0.29) is 12.2 Å². The first-order valence-electron chi connectivity index (χ1n) is 3.73. The lowest BCUT2D eigenvalue weighted by atomic mass is 10.1. The Hall–Kier alpha value is -0.410. The molecule has 0 rings (SSSR count). The summed E-state index contributed by atoms with van der Waals surface area (Å²) in [6.07, 6.45) is 2.24. The quantitative estimate of drug-likeness (QED) is 0.544. The molecule has 11 heavy (non-hydrogen) atoms. The number of ether oxygens (including phenoxy) is 2. The van der Waals surface area contributed by atoms with Crippen molar-refractivity contribution in [2.24, 2.45) is 0 Å². The molecule has 2 atom stereocenters. The predicted octanol–water partition coefficient (Wildman–Crippen LogP) is 1.02. The average Bonchev–Trinajstić information content (AvgIpc) is 2.03. The SMILES string of the molecule is CO[C@H](CC=O)C[C@H](C)OC. The van der Waals surface area contributed by atoms with Crippen LogP contribution in [0.25, 0.3) is 0 Å². The van der Waals surface area contributed by atoms with Crippen LogP contribution in [0.3, 0.4) is 0 Å². The van der Waals surface area contributed by atoms with E-state index in [0.717, 1.165) is 12.7 Å². The van der Waals surface area contributed by atoms with Gasteiger partial charge in [0.2, 0.25) is 0 Å². The van der Waals surface area contributed by atoms with Gasteiger partial charge < -0.3 is 14.3 Å². The summed E-state index contributed by atoms with van der Waals surface area (Å²) >= 11 is 0. The molecule has 0 saturated heterocycles. The summed E-state index contributed by atoms with van der Waals surface area (Å²) in [5, 5.41) is 0. The molecule has 0 saturated carbocycles. The van der Waals surface area contributed by atoms with Gasteiger partial charge in [-0.15, -0.1) is 0 Å². The summed E-state index contributed by atoms with van der Waals surface area (Å²) in [6, 6.07) is 0. The van der Waals surface area contributed by atoms with E-state index in [0.29, 0.717) is 6.42 Å². The van der Waals surface area contributed by atoms with Crippen LogP contribution in [0, 0.1) is 0 Å². The predicted molar refractivity (Wildman–Crippen MR) is 42.6 cm³/mol. The van der Waals surface area contributed by atoms with Crippen molar-refractivity contribution in [2.45, 2.75) is 32.0 Å². The zero-order valence-corrected chi connectivity index (χ0v) is 7.37. The normalized spacial score (nSPS) is 15.9. The van der Waals surface area contributed by atoms with Crippen LogP contribution < -0.4 is 0 Å². The lowest BCUT2D eigenvalue weighted by Gasteiger charge is -2.16. The number of carbonyl (C=O) groups is 1. The largest absolute Gasteiger partial charge is 0.382 e. The number of aldehydes is 1. The topological polar surface area (TPSA) is 35.5 Å². The van der Waals surface area contributed by atoms with Crippen molar-refractivity contribution >= 4 is 6.29 Å². The van der Waals surface area contributed by atoms with Crippen LogP contribution in [0.5, 0.6) is 0 Å². The monoisotopic (exact) mass is 160 g/mol. The van der Waals surface area contributed by atoms with E-state index < -0.39 is 0 Å². The highest BCUT2D eigenvalue weighted by molar-refractivity contribution is 5.50. The molecule has 0 N–H and O–H groups in total. The third kappa shape index (κ3) is 4.93. The Kier molecular flexibility index (Phi) is 6.07. The summed E-state index contributed by atoms with van der Waals surface area (Å²) in [6.45, 7) is 1.96. The summed E-state index contributed by atoms with van der Waals surface area (Å²) in [5.74, 6) is 0. The molecule has 0 aliphatic heterocycles. The third-order valence-electron chi connectivity index (χ3n) is 1.69. The van der Waals surface area contributed by atoms with E-state index in [1.807, 2.05) is 6.92 Å². The van der Waals surface area contributed by atoms with Gasteiger partial charge in [0.15, 0.2) is 0 Å². The minimum Gasteiger partial charge on any atom is -0.382 e. The minimum atomic E-state index is 0.00227. The van der Waals surface area contributed by atoms with Crippen LogP contribution >= 0.6 is 0 Å². The number of hydrogen-bond donors (Lipinski definition) is 0. The van der Waals surface area contributed by atoms with E-state index in [9.17, 15) is 4.79 Å². The first kappa shape index (κ1) is 10.6. The minimum absolute atomic E-state index is 0.00227. The molecule has 3 nitrogen and oxygen atoms in total. The maximum atomic E-state index is 10.1. The third-order valence-corrected chi connectivity index (χ3v) is 1.69. The molecule has 0 amide bonds. The van der Waals surface area contributed by atoms with Crippen molar-refractivity contribution in [3.63, 3.8) is 0 Å². The molecule has 0 aromatic heterocycles. The average molecular weight is 160 g/mol. The van der Waals surface area contributed by atoms with Crippen molar-refractivity contribution < 1.29 is 14.3 Å². The molecule has 3 heteroatoms. The van der Waals surface area contributed by atoms with Crippen molar-refractivity contribution in [3.8, 4) is 0 Å². The number of rotatable bonds is 6. The lowest BCUT2D eigenvalue weighted by molar-refractivity contribution is -0.110. The van der Waals surface area contributed by atoms with Gasteiger partial charge in [-0.3, -0.25) is 0 Å². The maximum absolute atomic E-state index is 10.1. The second-order valence-corrected chi connectivity index (χ2v) is 2.54. The molecule has 0 aliphatic carbocycles. The van der Waals surface area contributed by atoms with Crippen LogP contribution in [0.4, 0.5) is 0 Å². The zero-order chi connectivity index (χ0) is 8.69. The van der Waals surface area contributed by atoms with Crippen molar-refractivity contribution in [2.75, 3.05) is 14.2 Å². The first-order chi connectivity index (χ1) is 5.24. The fourth-order valence-electron chi connectivity index (χ4n) is 0.862. The molecule has 0 aromatic rings. The van der Waals surface area contributed by atoms with Crippen LogP contribution in [0.1, 0.15) is 19.8 Å². The molecular formula is C8H16O3.